The summed E-state index contributed by atoms with van der Waals surface area (Å²) in [7, 11) is -6.06. The molecule has 1 aromatic heterocycles. The lowest BCUT2D eigenvalue weighted by Crippen LogP contribution is -2.39. The molecule has 29 heavy (non-hydrogen) atoms. The van der Waals surface area contributed by atoms with Crippen LogP contribution in [0.1, 0.15) is 12.8 Å². The van der Waals surface area contributed by atoms with Gasteiger partial charge in [-0.3, -0.25) is 4.57 Å². The smallest absolute Gasteiger partial charge is 0.408 e. The van der Waals surface area contributed by atoms with Gasteiger partial charge in [-0.1, -0.05) is 18.2 Å². The van der Waals surface area contributed by atoms with E-state index in [1.54, 1.807) is 18.2 Å². The van der Waals surface area contributed by atoms with Crippen molar-refractivity contribution in [2.45, 2.75) is 28.7 Å². The number of sulfone groups is 1. The van der Waals surface area contributed by atoms with Crippen LogP contribution in [-0.4, -0.2) is 44.0 Å². The molecule has 1 saturated heterocycles. The second-order valence-corrected chi connectivity index (χ2v) is 11.0. The number of aryl methyl sites for hydroxylation is 1. The summed E-state index contributed by atoms with van der Waals surface area (Å²) in [5.74, 6) is -0.856. The first-order chi connectivity index (χ1) is 13.7. The Hall–Kier alpha value is -2.43. The number of sulfonamides is 1. The number of benzene rings is 2. The third-order valence-electron chi connectivity index (χ3n) is 5.21. The van der Waals surface area contributed by atoms with Crippen LogP contribution in [-0.2, 0) is 26.9 Å². The van der Waals surface area contributed by atoms with Crippen LogP contribution in [0.4, 0.5) is 0 Å². The Kier molecular flexibility index (Phi) is 4.88. The van der Waals surface area contributed by atoms with Gasteiger partial charge in [0.25, 0.3) is 0 Å². The molecule has 1 aliphatic rings. The minimum absolute atomic E-state index is 0.00501. The molecule has 1 unspecified atom stereocenters. The standard InChI is InChI=1S/C19H20N2O6S2/c1-20-17-12-16(9-10-18(17)27-19(20)22)29(25,26)21-11-5-6-14(21)13-28(23,24)15-7-3-2-4-8-15/h2-4,7-10,12,14H,5-6,11,13H2,1H3. The fourth-order valence-corrected chi connectivity index (χ4v) is 7.10. The predicted octanol–water partition coefficient (Wildman–Crippen LogP) is 1.76. The summed E-state index contributed by atoms with van der Waals surface area (Å²) in [6, 6.07) is 11.6. The van der Waals surface area contributed by atoms with Crippen molar-refractivity contribution in [3.63, 3.8) is 0 Å². The van der Waals surface area contributed by atoms with Gasteiger partial charge < -0.3 is 4.42 Å². The highest BCUT2D eigenvalue weighted by Crippen LogP contribution is 2.29. The zero-order valence-electron chi connectivity index (χ0n) is 15.7. The molecule has 1 atom stereocenters. The molecule has 8 nitrogen and oxygen atoms in total. The Morgan fingerprint density at radius 1 is 1.03 bits per heavy atom. The van der Waals surface area contributed by atoms with Gasteiger partial charge in [0.1, 0.15) is 0 Å². The minimum Gasteiger partial charge on any atom is -0.408 e. The largest absolute Gasteiger partial charge is 0.419 e. The molecule has 4 rings (SSSR count). The zero-order valence-corrected chi connectivity index (χ0v) is 17.3. The van der Waals surface area contributed by atoms with E-state index in [1.807, 2.05) is 0 Å². The van der Waals surface area contributed by atoms with Crippen LogP contribution in [0, 0.1) is 0 Å². The summed E-state index contributed by atoms with van der Waals surface area (Å²) >= 11 is 0. The minimum atomic E-state index is -3.93. The van der Waals surface area contributed by atoms with Crippen LogP contribution >= 0.6 is 0 Å². The van der Waals surface area contributed by atoms with Crippen molar-refractivity contribution >= 4 is 31.0 Å². The first-order valence-corrected chi connectivity index (χ1v) is 12.2. The summed E-state index contributed by atoms with van der Waals surface area (Å²) < 4.78 is 59.5. The number of hydrogen-bond donors (Lipinski definition) is 0. The molecule has 0 spiro atoms. The number of hydrogen-bond acceptors (Lipinski definition) is 6. The van der Waals surface area contributed by atoms with E-state index in [0.29, 0.717) is 23.9 Å². The van der Waals surface area contributed by atoms with Crippen molar-refractivity contribution in [2.75, 3.05) is 12.3 Å². The third-order valence-corrected chi connectivity index (χ3v) is 8.97. The highest BCUT2D eigenvalue weighted by Gasteiger charge is 2.38. The van der Waals surface area contributed by atoms with Crippen molar-refractivity contribution in [3.8, 4) is 0 Å². The van der Waals surface area contributed by atoms with E-state index in [0.717, 1.165) is 0 Å². The summed E-state index contributed by atoms with van der Waals surface area (Å²) in [6.45, 7) is 0.250. The normalized spacial score (nSPS) is 18.4. The van der Waals surface area contributed by atoms with E-state index in [-0.39, 0.29) is 22.1 Å². The molecule has 0 amide bonds. The van der Waals surface area contributed by atoms with Crippen LogP contribution in [0.15, 0.2) is 67.5 Å². The Labute approximate surface area is 168 Å². The summed E-state index contributed by atoms with van der Waals surface area (Å²) in [5.41, 5.74) is 0.657. The fourth-order valence-electron chi connectivity index (χ4n) is 3.67. The predicted molar refractivity (Wildman–Crippen MR) is 107 cm³/mol. The first kappa shape index (κ1) is 19.9. The molecule has 0 radical (unpaired) electrons. The second kappa shape index (κ2) is 7.12. The molecule has 2 heterocycles. The van der Waals surface area contributed by atoms with Gasteiger partial charge in [0.05, 0.1) is 21.1 Å². The molecule has 10 heteroatoms. The summed E-state index contributed by atoms with van der Waals surface area (Å²) in [5, 5.41) is 0. The zero-order chi connectivity index (χ0) is 20.8. The molecule has 0 N–H and O–H groups in total. The van der Waals surface area contributed by atoms with E-state index in [2.05, 4.69) is 0 Å². The topological polar surface area (TPSA) is 107 Å². The maximum absolute atomic E-state index is 13.2. The molecular formula is C19H20N2O6S2. The monoisotopic (exact) mass is 436 g/mol. The number of oxazole rings is 1. The number of fused-ring (bicyclic) bond motifs is 1. The molecular weight excluding hydrogens is 416 g/mol. The van der Waals surface area contributed by atoms with Crippen LogP contribution in [0.5, 0.6) is 0 Å². The molecule has 1 fully saturated rings. The van der Waals surface area contributed by atoms with E-state index in [4.69, 9.17) is 4.42 Å². The lowest BCUT2D eigenvalue weighted by atomic mass is 10.3. The number of aromatic nitrogens is 1. The molecule has 0 saturated carbocycles. The number of rotatable bonds is 5. The van der Waals surface area contributed by atoms with Crippen LogP contribution in [0.25, 0.3) is 11.1 Å². The molecule has 0 aliphatic carbocycles. The molecule has 154 valence electrons. The van der Waals surface area contributed by atoms with E-state index in [9.17, 15) is 21.6 Å². The Bertz CT molecular complexity index is 1320. The number of nitrogens with zero attached hydrogens (tertiary/aromatic N) is 2. The maximum Gasteiger partial charge on any atom is 0.419 e. The highest BCUT2D eigenvalue weighted by atomic mass is 32.2. The molecule has 3 aromatic rings. The second-order valence-electron chi connectivity index (χ2n) is 7.06. The molecule has 1 aliphatic heterocycles. The Morgan fingerprint density at radius 3 is 2.48 bits per heavy atom. The van der Waals surface area contributed by atoms with Crippen molar-refractivity contribution in [3.05, 3.63) is 59.1 Å². The van der Waals surface area contributed by atoms with Crippen molar-refractivity contribution < 1.29 is 21.3 Å². The van der Waals surface area contributed by atoms with Gasteiger partial charge in [-0.25, -0.2) is 21.6 Å². The average molecular weight is 437 g/mol. The lowest BCUT2D eigenvalue weighted by Gasteiger charge is -2.24. The van der Waals surface area contributed by atoms with Crippen molar-refractivity contribution in [2.24, 2.45) is 7.05 Å². The van der Waals surface area contributed by atoms with Crippen LogP contribution in [0.2, 0.25) is 0 Å². The average Bonchev–Trinajstić information content (AvgIpc) is 3.27. The van der Waals surface area contributed by atoms with Gasteiger partial charge in [-0.05, 0) is 43.2 Å². The Morgan fingerprint density at radius 2 is 1.76 bits per heavy atom. The third kappa shape index (κ3) is 3.52. The van der Waals surface area contributed by atoms with E-state index in [1.165, 1.54) is 46.3 Å². The SMILES string of the molecule is Cn1c(=O)oc2ccc(S(=O)(=O)N3CCCC3CS(=O)(=O)c3ccccc3)cc21. The molecule has 2 aromatic carbocycles. The van der Waals surface area contributed by atoms with E-state index >= 15 is 0 Å². The Balaban J connectivity index is 1.67. The highest BCUT2D eigenvalue weighted by molar-refractivity contribution is 7.91. The van der Waals surface area contributed by atoms with E-state index < -0.39 is 31.7 Å². The van der Waals surface area contributed by atoms with Crippen molar-refractivity contribution in [1.29, 1.82) is 0 Å². The molecule has 0 bridgehead atoms. The van der Waals surface area contributed by atoms with Gasteiger partial charge in [-0.15, -0.1) is 0 Å². The summed E-state index contributed by atoms with van der Waals surface area (Å²) in [6.07, 6.45) is 1.05. The quantitative estimate of drug-likeness (QED) is 0.603. The van der Waals surface area contributed by atoms with Gasteiger partial charge in [-0.2, -0.15) is 4.31 Å². The lowest BCUT2D eigenvalue weighted by molar-refractivity contribution is 0.408. The van der Waals surface area contributed by atoms with Gasteiger partial charge in [0, 0.05) is 19.6 Å². The van der Waals surface area contributed by atoms with Crippen molar-refractivity contribution in [1.82, 2.24) is 8.87 Å². The fraction of sp³-hybridized carbons (Fsp3) is 0.316. The summed E-state index contributed by atoms with van der Waals surface area (Å²) in [4.78, 5) is 11.9. The van der Waals surface area contributed by atoms with Crippen LogP contribution < -0.4 is 5.76 Å². The first-order valence-electron chi connectivity index (χ1n) is 9.09. The van der Waals surface area contributed by atoms with Gasteiger partial charge in [0.15, 0.2) is 15.4 Å². The van der Waals surface area contributed by atoms with Gasteiger partial charge in [0.2, 0.25) is 10.0 Å². The van der Waals surface area contributed by atoms with Gasteiger partial charge >= 0.3 is 5.76 Å². The maximum atomic E-state index is 13.2. The van der Waals surface area contributed by atoms with Crippen LogP contribution in [0.3, 0.4) is 0 Å².